The number of ether oxygens (including phenoxy) is 1. The third-order valence-electron chi connectivity index (χ3n) is 5.81. The van der Waals surface area contributed by atoms with Crippen molar-refractivity contribution in [2.75, 3.05) is 18.1 Å². The molecule has 2 amide bonds. The zero-order chi connectivity index (χ0) is 20.8. The molecule has 154 valence electrons. The van der Waals surface area contributed by atoms with Crippen LogP contribution in [0.3, 0.4) is 0 Å². The van der Waals surface area contributed by atoms with Crippen LogP contribution in [0.5, 0.6) is 5.75 Å². The van der Waals surface area contributed by atoms with E-state index in [4.69, 9.17) is 4.74 Å². The van der Waals surface area contributed by atoms with Gasteiger partial charge in [0.15, 0.2) is 0 Å². The predicted molar refractivity (Wildman–Crippen MR) is 117 cm³/mol. The lowest BCUT2D eigenvalue weighted by atomic mass is 9.97. The molecule has 2 aromatic carbocycles. The Labute approximate surface area is 178 Å². The van der Waals surface area contributed by atoms with E-state index in [0.717, 1.165) is 44.2 Å². The number of nitrogens with one attached hydrogen (secondary N) is 1. The molecule has 7 heteroatoms. The summed E-state index contributed by atoms with van der Waals surface area (Å²) in [5.74, 6) is 0.370. The molecule has 3 heterocycles. The molecule has 6 nitrogen and oxygen atoms in total. The summed E-state index contributed by atoms with van der Waals surface area (Å²) in [6.45, 7) is 4.97. The summed E-state index contributed by atoms with van der Waals surface area (Å²) >= 11 is 1.64. The highest BCUT2D eigenvalue weighted by Crippen LogP contribution is 2.34. The summed E-state index contributed by atoms with van der Waals surface area (Å²) in [6, 6.07) is 11.8. The molecule has 3 aromatic rings. The smallest absolute Gasteiger partial charge is 0.227 e. The molecule has 1 saturated heterocycles. The first kappa shape index (κ1) is 19.1. The van der Waals surface area contributed by atoms with Crippen molar-refractivity contribution in [2.24, 2.45) is 5.92 Å². The number of aryl methyl sites for hydroxylation is 2. The Kier molecular flexibility index (Phi) is 4.70. The number of aromatic nitrogens is 1. The molecule has 2 unspecified atom stereocenters. The topological polar surface area (TPSA) is 71.5 Å². The number of benzene rings is 2. The van der Waals surface area contributed by atoms with Crippen LogP contribution in [0.1, 0.15) is 35.0 Å². The number of carbonyl (C=O) groups excluding carboxylic acids is 2. The molecule has 0 aliphatic carbocycles. The molecule has 30 heavy (non-hydrogen) atoms. The van der Waals surface area contributed by atoms with Crippen LogP contribution in [0.25, 0.3) is 10.2 Å². The predicted octanol–water partition coefficient (Wildman–Crippen LogP) is 3.91. The second-order valence-corrected chi connectivity index (χ2v) is 9.26. The zero-order valence-electron chi connectivity index (χ0n) is 17.0. The molecule has 0 radical (unpaired) electrons. The van der Waals surface area contributed by atoms with E-state index < -0.39 is 0 Å². The van der Waals surface area contributed by atoms with Crippen LogP contribution in [-0.4, -0.2) is 29.9 Å². The maximum absolute atomic E-state index is 13.0. The highest BCUT2D eigenvalue weighted by Gasteiger charge is 2.36. The minimum absolute atomic E-state index is 0.0235. The SMILES string of the molecule is Cc1ccc2c(c1)C(NC(=O)C1CC(=O)N(c3ccc4sc(C)nc4c3)C1)CCO2. The Bertz CT molecular complexity index is 1160. The fourth-order valence-corrected chi connectivity index (χ4v) is 5.09. The summed E-state index contributed by atoms with van der Waals surface area (Å²) in [7, 11) is 0. The number of anilines is 1. The minimum atomic E-state index is -0.360. The Balaban J connectivity index is 1.32. The highest BCUT2D eigenvalue weighted by molar-refractivity contribution is 7.18. The fourth-order valence-electron chi connectivity index (χ4n) is 4.29. The van der Waals surface area contributed by atoms with Gasteiger partial charge in [-0.2, -0.15) is 0 Å². The Morgan fingerprint density at radius 2 is 2.10 bits per heavy atom. The second kappa shape index (κ2) is 7.40. The fraction of sp³-hybridized carbons (Fsp3) is 0.348. The summed E-state index contributed by atoms with van der Waals surface area (Å²) in [4.78, 5) is 31.9. The van der Waals surface area contributed by atoms with Crippen molar-refractivity contribution in [3.8, 4) is 5.75 Å². The van der Waals surface area contributed by atoms with Gasteiger partial charge in [-0.25, -0.2) is 4.98 Å². The Hall–Kier alpha value is -2.93. The van der Waals surface area contributed by atoms with E-state index in [-0.39, 0.29) is 30.2 Å². The van der Waals surface area contributed by atoms with Crippen molar-refractivity contribution in [1.82, 2.24) is 10.3 Å². The number of nitrogens with zero attached hydrogens (tertiary/aromatic N) is 2. The first-order chi connectivity index (χ1) is 14.5. The van der Waals surface area contributed by atoms with Crippen molar-refractivity contribution >= 4 is 39.1 Å². The number of hydrogen-bond donors (Lipinski definition) is 1. The molecule has 1 N–H and O–H groups in total. The maximum atomic E-state index is 13.0. The highest BCUT2D eigenvalue weighted by atomic mass is 32.1. The van der Waals surface area contributed by atoms with Gasteiger partial charge >= 0.3 is 0 Å². The third-order valence-corrected chi connectivity index (χ3v) is 6.76. The van der Waals surface area contributed by atoms with Gasteiger partial charge in [0.2, 0.25) is 11.8 Å². The number of fused-ring (bicyclic) bond motifs is 2. The quantitative estimate of drug-likeness (QED) is 0.696. The van der Waals surface area contributed by atoms with Crippen LogP contribution in [-0.2, 0) is 9.59 Å². The average molecular weight is 422 g/mol. The largest absolute Gasteiger partial charge is 0.493 e. The molecular formula is C23H23N3O3S. The van der Waals surface area contributed by atoms with Crippen LogP contribution in [0.2, 0.25) is 0 Å². The average Bonchev–Trinajstić information content (AvgIpc) is 3.29. The molecule has 1 fully saturated rings. The van der Waals surface area contributed by atoms with E-state index in [0.29, 0.717) is 13.2 Å². The van der Waals surface area contributed by atoms with E-state index >= 15 is 0 Å². The van der Waals surface area contributed by atoms with Crippen LogP contribution in [0.15, 0.2) is 36.4 Å². The molecule has 5 rings (SSSR count). The number of rotatable bonds is 3. The van der Waals surface area contributed by atoms with Crippen LogP contribution in [0.4, 0.5) is 5.69 Å². The van der Waals surface area contributed by atoms with E-state index in [9.17, 15) is 9.59 Å². The van der Waals surface area contributed by atoms with E-state index in [1.165, 1.54) is 0 Å². The van der Waals surface area contributed by atoms with Gasteiger partial charge in [0.25, 0.3) is 0 Å². The molecular weight excluding hydrogens is 398 g/mol. The van der Waals surface area contributed by atoms with Gasteiger partial charge in [-0.1, -0.05) is 17.7 Å². The maximum Gasteiger partial charge on any atom is 0.227 e. The van der Waals surface area contributed by atoms with Crippen LogP contribution >= 0.6 is 11.3 Å². The number of carbonyl (C=O) groups is 2. The van der Waals surface area contributed by atoms with E-state index in [1.807, 2.05) is 44.2 Å². The van der Waals surface area contributed by atoms with Gasteiger partial charge in [-0.3, -0.25) is 9.59 Å². The van der Waals surface area contributed by atoms with E-state index in [2.05, 4.69) is 16.4 Å². The third kappa shape index (κ3) is 3.43. The van der Waals surface area contributed by atoms with Gasteiger partial charge in [0.05, 0.1) is 33.8 Å². The van der Waals surface area contributed by atoms with Crippen molar-refractivity contribution < 1.29 is 14.3 Å². The number of amides is 2. The van der Waals surface area contributed by atoms with Crippen LogP contribution in [0, 0.1) is 19.8 Å². The molecule has 2 aliphatic rings. The lowest BCUT2D eigenvalue weighted by molar-refractivity contribution is -0.127. The van der Waals surface area contributed by atoms with Crippen LogP contribution < -0.4 is 15.0 Å². The molecule has 0 bridgehead atoms. The van der Waals surface area contributed by atoms with Gasteiger partial charge < -0.3 is 15.0 Å². The molecule has 1 aromatic heterocycles. The summed E-state index contributed by atoms with van der Waals surface area (Å²) in [6.07, 6.45) is 0.955. The first-order valence-corrected chi connectivity index (χ1v) is 11.0. The lowest BCUT2D eigenvalue weighted by Crippen LogP contribution is -2.37. The zero-order valence-corrected chi connectivity index (χ0v) is 17.8. The Morgan fingerprint density at radius 1 is 1.23 bits per heavy atom. The van der Waals surface area contributed by atoms with Gasteiger partial charge in [0.1, 0.15) is 5.75 Å². The van der Waals surface area contributed by atoms with Gasteiger partial charge in [0, 0.05) is 30.6 Å². The number of hydrogen-bond acceptors (Lipinski definition) is 5. The van der Waals surface area contributed by atoms with Crippen molar-refractivity contribution in [2.45, 2.75) is 32.7 Å². The van der Waals surface area contributed by atoms with Crippen molar-refractivity contribution in [3.05, 3.63) is 52.5 Å². The summed E-state index contributed by atoms with van der Waals surface area (Å²) in [5.41, 5.74) is 3.85. The summed E-state index contributed by atoms with van der Waals surface area (Å²) < 4.78 is 6.83. The van der Waals surface area contributed by atoms with Crippen molar-refractivity contribution in [1.29, 1.82) is 0 Å². The normalized spacial score (nSPS) is 20.9. The molecule has 2 aliphatic heterocycles. The number of thiazole rings is 1. The molecule has 2 atom stereocenters. The monoisotopic (exact) mass is 421 g/mol. The molecule has 0 spiro atoms. The first-order valence-electron chi connectivity index (χ1n) is 10.2. The van der Waals surface area contributed by atoms with E-state index in [1.54, 1.807) is 16.2 Å². The van der Waals surface area contributed by atoms with Gasteiger partial charge in [-0.15, -0.1) is 11.3 Å². The van der Waals surface area contributed by atoms with Gasteiger partial charge in [-0.05, 0) is 38.1 Å². The lowest BCUT2D eigenvalue weighted by Gasteiger charge is -2.28. The molecule has 0 saturated carbocycles. The van der Waals surface area contributed by atoms with Crippen molar-refractivity contribution in [3.63, 3.8) is 0 Å². The second-order valence-electron chi connectivity index (χ2n) is 8.03. The Morgan fingerprint density at radius 3 is 2.97 bits per heavy atom. The standard InChI is InChI=1S/C23H23N3O3S/c1-13-3-5-20-17(9-13)18(7-8-29-20)25-23(28)15-10-22(27)26(12-15)16-4-6-21-19(11-16)24-14(2)30-21/h3-6,9,11,15,18H,7-8,10,12H2,1-2H3,(H,25,28). The minimum Gasteiger partial charge on any atom is -0.493 e. The summed E-state index contributed by atoms with van der Waals surface area (Å²) in [5, 5.41) is 4.16.